The van der Waals surface area contributed by atoms with Gasteiger partial charge in [-0.2, -0.15) is 0 Å². The maximum Gasteiger partial charge on any atom is 0.319 e. The van der Waals surface area contributed by atoms with Crippen molar-refractivity contribution in [2.45, 2.75) is 44.1 Å². The zero-order valence-corrected chi connectivity index (χ0v) is 17.5. The topological polar surface area (TPSA) is 101 Å². The molecular weight excluding hydrogens is 413 g/mol. The average Bonchev–Trinajstić information content (AvgIpc) is 3.28. The molecule has 1 saturated heterocycles. The lowest BCUT2D eigenvalue weighted by atomic mass is 9.97. The van der Waals surface area contributed by atoms with Crippen LogP contribution in [0.4, 0.5) is 14.9 Å². The minimum atomic E-state index is -0.486. The molecule has 1 fully saturated rings. The Hall–Kier alpha value is -3.30. The first-order chi connectivity index (χ1) is 15.6. The Morgan fingerprint density at radius 1 is 1.16 bits per heavy atom. The van der Waals surface area contributed by atoms with Crippen molar-refractivity contribution < 1.29 is 19.0 Å². The second-order valence-corrected chi connectivity index (χ2v) is 7.76. The minimum absolute atomic E-state index is 0.0801. The van der Waals surface area contributed by atoms with Crippen LogP contribution in [0.5, 0.6) is 0 Å². The third kappa shape index (κ3) is 5.49. The maximum absolute atomic E-state index is 13.9. The summed E-state index contributed by atoms with van der Waals surface area (Å²) < 4.78 is 21.6. The summed E-state index contributed by atoms with van der Waals surface area (Å²) in [7, 11) is 0. The SMILES string of the molecule is O=C(Nc1ccccc1)N[C@@H]1CC[C@H](CCn2cc(-c3ccccc3F)nn2)O[C@@H]1CO. The second-order valence-electron chi connectivity index (χ2n) is 7.76. The Morgan fingerprint density at radius 2 is 1.94 bits per heavy atom. The molecule has 3 N–H and O–H groups in total. The fourth-order valence-electron chi connectivity index (χ4n) is 3.84. The molecule has 0 saturated carbocycles. The van der Waals surface area contributed by atoms with Crippen LogP contribution in [0.1, 0.15) is 19.3 Å². The zero-order valence-electron chi connectivity index (χ0n) is 17.5. The number of aliphatic hydroxyl groups excluding tert-OH is 1. The third-order valence-corrected chi connectivity index (χ3v) is 5.51. The molecule has 0 bridgehead atoms. The van der Waals surface area contributed by atoms with E-state index >= 15 is 0 Å². The number of para-hydroxylation sites is 1. The van der Waals surface area contributed by atoms with Gasteiger partial charge in [0.25, 0.3) is 0 Å². The van der Waals surface area contributed by atoms with Gasteiger partial charge >= 0.3 is 6.03 Å². The average molecular weight is 439 g/mol. The first-order valence-corrected chi connectivity index (χ1v) is 10.7. The molecule has 0 radical (unpaired) electrons. The number of aromatic nitrogens is 3. The van der Waals surface area contributed by atoms with Gasteiger partial charge in [-0.3, -0.25) is 4.68 Å². The number of nitrogens with one attached hydrogen (secondary N) is 2. The van der Waals surface area contributed by atoms with E-state index in [0.717, 1.165) is 6.42 Å². The van der Waals surface area contributed by atoms with Gasteiger partial charge in [-0.25, -0.2) is 9.18 Å². The molecule has 4 rings (SSSR count). The molecule has 8 nitrogen and oxygen atoms in total. The number of carbonyl (C=O) groups is 1. The third-order valence-electron chi connectivity index (χ3n) is 5.51. The fraction of sp³-hybridized carbons (Fsp3) is 0.348. The van der Waals surface area contributed by atoms with E-state index in [9.17, 15) is 14.3 Å². The number of ether oxygens (including phenoxy) is 1. The lowest BCUT2D eigenvalue weighted by molar-refractivity contribution is -0.0905. The van der Waals surface area contributed by atoms with Crippen LogP contribution in [0, 0.1) is 5.82 Å². The number of halogens is 1. The first kappa shape index (κ1) is 21.9. The summed E-state index contributed by atoms with van der Waals surface area (Å²) in [4.78, 5) is 12.3. The van der Waals surface area contributed by atoms with Crippen LogP contribution in [0.15, 0.2) is 60.8 Å². The highest BCUT2D eigenvalue weighted by Gasteiger charge is 2.31. The molecule has 0 aliphatic carbocycles. The van der Waals surface area contributed by atoms with Crippen molar-refractivity contribution in [3.63, 3.8) is 0 Å². The summed E-state index contributed by atoms with van der Waals surface area (Å²) in [6, 6.07) is 15.0. The molecule has 1 aromatic heterocycles. The van der Waals surface area contributed by atoms with Gasteiger partial charge in [0.2, 0.25) is 0 Å². The number of anilines is 1. The van der Waals surface area contributed by atoms with Crippen molar-refractivity contribution in [1.82, 2.24) is 20.3 Å². The maximum atomic E-state index is 13.9. The summed E-state index contributed by atoms with van der Waals surface area (Å²) in [6.45, 7) is 0.365. The number of aryl methyl sites for hydroxylation is 1. The number of amides is 2. The van der Waals surface area contributed by atoms with Crippen molar-refractivity contribution in [3.05, 3.63) is 66.6 Å². The largest absolute Gasteiger partial charge is 0.394 e. The number of hydrogen-bond donors (Lipinski definition) is 3. The normalized spacial score (nSPS) is 20.6. The van der Waals surface area contributed by atoms with Crippen LogP contribution in [0.3, 0.4) is 0 Å². The number of carbonyl (C=O) groups excluding carboxylic acids is 1. The lowest BCUT2D eigenvalue weighted by Crippen LogP contribution is -2.52. The summed E-state index contributed by atoms with van der Waals surface area (Å²) in [5, 5.41) is 23.6. The van der Waals surface area contributed by atoms with E-state index in [2.05, 4.69) is 20.9 Å². The van der Waals surface area contributed by atoms with E-state index in [0.29, 0.717) is 36.3 Å². The van der Waals surface area contributed by atoms with Crippen molar-refractivity contribution in [1.29, 1.82) is 0 Å². The van der Waals surface area contributed by atoms with E-state index in [1.807, 2.05) is 18.2 Å². The van der Waals surface area contributed by atoms with Gasteiger partial charge in [0.05, 0.1) is 24.9 Å². The Kier molecular flexibility index (Phi) is 7.08. The predicted octanol–water partition coefficient (Wildman–Crippen LogP) is 3.20. The summed E-state index contributed by atoms with van der Waals surface area (Å²) in [5.74, 6) is -0.337. The highest BCUT2D eigenvalue weighted by atomic mass is 19.1. The molecule has 0 unspecified atom stereocenters. The number of urea groups is 1. The van der Waals surface area contributed by atoms with E-state index < -0.39 is 6.10 Å². The first-order valence-electron chi connectivity index (χ1n) is 10.7. The molecule has 3 atom stereocenters. The van der Waals surface area contributed by atoms with Crippen molar-refractivity contribution in [2.24, 2.45) is 0 Å². The Labute approximate surface area is 185 Å². The Bertz CT molecular complexity index is 1030. The second kappa shape index (κ2) is 10.3. The molecule has 9 heteroatoms. The number of benzene rings is 2. The van der Waals surface area contributed by atoms with E-state index in [1.165, 1.54) is 6.07 Å². The van der Waals surface area contributed by atoms with Crippen LogP contribution >= 0.6 is 0 Å². The van der Waals surface area contributed by atoms with Gasteiger partial charge in [-0.05, 0) is 43.5 Å². The molecule has 1 aliphatic rings. The monoisotopic (exact) mass is 439 g/mol. The van der Waals surface area contributed by atoms with Gasteiger partial charge < -0.3 is 20.5 Å². The Balaban J connectivity index is 1.27. The van der Waals surface area contributed by atoms with E-state index in [-0.39, 0.29) is 30.6 Å². The summed E-state index contributed by atoms with van der Waals surface area (Å²) >= 11 is 0. The zero-order chi connectivity index (χ0) is 22.3. The number of aliphatic hydroxyl groups is 1. The minimum Gasteiger partial charge on any atom is -0.394 e. The van der Waals surface area contributed by atoms with Gasteiger partial charge in [-0.15, -0.1) is 5.10 Å². The van der Waals surface area contributed by atoms with Gasteiger partial charge in [0, 0.05) is 17.8 Å². The van der Waals surface area contributed by atoms with Crippen LogP contribution in [-0.4, -0.2) is 51.0 Å². The van der Waals surface area contributed by atoms with Crippen molar-refractivity contribution >= 4 is 11.7 Å². The predicted molar refractivity (Wildman–Crippen MR) is 117 cm³/mol. The van der Waals surface area contributed by atoms with Gasteiger partial charge in [0.1, 0.15) is 17.6 Å². The number of rotatable bonds is 7. The molecular formula is C23H26FN5O3. The standard InChI is InChI=1S/C23H26FN5O3/c24-19-9-5-4-8-18(19)21-14-29(28-27-21)13-12-17-10-11-20(22(15-30)32-17)26-23(31)25-16-6-2-1-3-7-16/h1-9,14,17,20,22,30H,10-13,15H2,(H2,25,26,31)/t17-,20-,22-/m1/s1. The lowest BCUT2D eigenvalue weighted by Gasteiger charge is -2.36. The Morgan fingerprint density at radius 3 is 2.72 bits per heavy atom. The van der Waals surface area contributed by atoms with Crippen LogP contribution < -0.4 is 10.6 Å². The molecule has 0 spiro atoms. The van der Waals surface area contributed by atoms with Crippen molar-refractivity contribution in [2.75, 3.05) is 11.9 Å². The molecule has 2 heterocycles. The summed E-state index contributed by atoms with van der Waals surface area (Å²) in [6.07, 6.45) is 3.24. The molecule has 3 aromatic rings. The summed E-state index contributed by atoms with van der Waals surface area (Å²) in [5.41, 5.74) is 1.59. The van der Waals surface area contributed by atoms with Gasteiger partial charge in [0.15, 0.2) is 0 Å². The highest BCUT2D eigenvalue weighted by molar-refractivity contribution is 5.89. The highest BCUT2D eigenvalue weighted by Crippen LogP contribution is 2.23. The number of nitrogens with zero attached hydrogens (tertiary/aromatic N) is 3. The molecule has 2 amide bonds. The quantitative estimate of drug-likeness (QED) is 0.525. The van der Waals surface area contributed by atoms with Gasteiger partial charge in [-0.1, -0.05) is 35.5 Å². The van der Waals surface area contributed by atoms with E-state index in [4.69, 9.17) is 4.74 Å². The smallest absolute Gasteiger partial charge is 0.319 e. The van der Waals surface area contributed by atoms with Crippen LogP contribution in [0.2, 0.25) is 0 Å². The molecule has 1 aliphatic heterocycles. The van der Waals surface area contributed by atoms with E-state index in [1.54, 1.807) is 41.2 Å². The molecule has 168 valence electrons. The fourth-order valence-corrected chi connectivity index (χ4v) is 3.84. The molecule has 32 heavy (non-hydrogen) atoms. The molecule has 2 aromatic carbocycles. The van der Waals surface area contributed by atoms with Crippen LogP contribution in [0.25, 0.3) is 11.3 Å². The number of hydrogen-bond acceptors (Lipinski definition) is 5. The van der Waals surface area contributed by atoms with Crippen molar-refractivity contribution in [3.8, 4) is 11.3 Å². The van der Waals surface area contributed by atoms with Crippen LogP contribution in [-0.2, 0) is 11.3 Å².